The summed E-state index contributed by atoms with van der Waals surface area (Å²) in [4.78, 5) is 48.6. The van der Waals surface area contributed by atoms with Crippen molar-refractivity contribution in [1.29, 1.82) is 0 Å². The van der Waals surface area contributed by atoms with Crippen molar-refractivity contribution in [3.8, 4) is 0 Å². The van der Waals surface area contributed by atoms with Gasteiger partial charge in [-0.05, 0) is 51.5 Å². The molecule has 0 saturated heterocycles. The molecule has 0 saturated carbocycles. The Hall–Kier alpha value is -3.83. The summed E-state index contributed by atoms with van der Waals surface area (Å²) in [5.41, 5.74) is 8.90. The molecule has 0 spiro atoms. The lowest BCUT2D eigenvalue weighted by atomic mass is 10.1. The molecule has 0 aliphatic heterocycles. The SMILES string of the molecule is CC.CC[C@@H](C)C(=O)OCOC(=O)N(C)c1ccc(C)cc1.Cc1ccc(N(C)C(=O)OCOC(=O)[C@H](C)N)cc1.Cl. The van der Waals surface area contributed by atoms with Gasteiger partial charge in [-0.1, -0.05) is 63.1 Å². The molecule has 0 radical (unpaired) electrons. The predicted molar refractivity (Wildman–Crippen MR) is 166 cm³/mol. The van der Waals surface area contributed by atoms with Crippen molar-refractivity contribution in [1.82, 2.24) is 0 Å². The number of carbonyl (C=O) groups excluding carboxylic acids is 4. The number of amides is 2. The summed E-state index contributed by atoms with van der Waals surface area (Å²) in [5.74, 6) is -1.17. The Balaban J connectivity index is 0. The number of anilines is 2. The normalized spacial score (nSPS) is 10.9. The van der Waals surface area contributed by atoms with Crippen LogP contribution >= 0.6 is 12.4 Å². The van der Waals surface area contributed by atoms with Crippen LogP contribution < -0.4 is 15.5 Å². The van der Waals surface area contributed by atoms with Crippen molar-refractivity contribution in [3.05, 3.63) is 59.7 Å². The molecule has 42 heavy (non-hydrogen) atoms. The number of esters is 2. The average molecular weight is 612 g/mol. The van der Waals surface area contributed by atoms with Crippen molar-refractivity contribution >= 4 is 47.9 Å². The van der Waals surface area contributed by atoms with Gasteiger partial charge in [0.15, 0.2) is 0 Å². The fourth-order valence-electron chi connectivity index (χ4n) is 2.66. The molecular formula is C30H46ClN3O8. The molecule has 2 rings (SSSR count). The molecular weight excluding hydrogens is 566 g/mol. The second-order valence-electron chi connectivity index (χ2n) is 8.87. The minimum Gasteiger partial charge on any atom is -0.428 e. The highest BCUT2D eigenvalue weighted by atomic mass is 35.5. The molecule has 0 aliphatic carbocycles. The molecule has 12 heteroatoms. The van der Waals surface area contributed by atoms with Crippen LogP contribution in [0.1, 0.15) is 52.2 Å². The topological polar surface area (TPSA) is 138 Å². The van der Waals surface area contributed by atoms with E-state index in [1.165, 1.54) is 16.7 Å². The standard InChI is InChI=1S/C15H21NO4.C13H18N2O4.C2H6.ClH/c1-5-12(3)14(17)19-10-20-15(18)16(4)13-8-6-11(2)7-9-13;1-9-4-6-11(7-5-9)15(3)13(17)19-8-18-12(16)10(2)14;1-2;/h6-9,12H,5,10H2,1-4H3;4-7,10H,8,14H2,1-3H3;1-2H3;1H/t12-;10-;;/m10../s1. The maximum Gasteiger partial charge on any atom is 0.416 e. The molecule has 2 aromatic rings. The lowest BCUT2D eigenvalue weighted by Gasteiger charge is -2.17. The van der Waals surface area contributed by atoms with Gasteiger partial charge in [0.2, 0.25) is 13.6 Å². The summed E-state index contributed by atoms with van der Waals surface area (Å²) in [6.45, 7) is 12.3. The van der Waals surface area contributed by atoms with Crippen molar-refractivity contribution in [2.24, 2.45) is 11.7 Å². The van der Waals surface area contributed by atoms with Crippen LogP contribution in [0.25, 0.3) is 0 Å². The minimum atomic E-state index is -0.742. The Morgan fingerprint density at radius 1 is 0.690 bits per heavy atom. The molecule has 0 aliphatic rings. The van der Waals surface area contributed by atoms with E-state index in [9.17, 15) is 19.2 Å². The van der Waals surface area contributed by atoms with Gasteiger partial charge in [-0.15, -0.1) is 12.4 Å². The second-order valence-corrected chi connectivity index (χ2v) is 8.87. The van der Waals surface area contributed by atoms with Gasteiger partial charge >= 0.3 is 24.1 Å². The molecule has 0 bridgehead atoms. The first-order valence-electron chi connectivity index (χ1n) is 13.4. The van der Waals surface area contributed by atoms with Crippen LogP contribution in [0.2, 0.25) is 0 Å². The smallest absolute Gasteiger partial charge is 0.416 e. The van der Waals surface area contributed by atoms with Crippen LogP contribution in [0, 0.1) is 19.8 Å². The Labute approximate surface area is 255 Å². The molecule has 2 aromatic carbocycles. The first-order chi connectivity index (χ1) is 19.4. The fraction of sp³-hybridized carbons (Fsp3) is 0.467. The number of rotatable bonds is 9. The van der Waals surface area contributed by atoms with Crippen molar-refractivity contribution in [2.45, 2.75) is 60.9 Å². The summed E-state index contributed by atoms with van der Waals surface area (Å²) in [7, 11) is 3.17. The third-order valence-electron chi connectivity index (χ3n) is 5.54. The summed E-state index contributed by atoms with van der Waals surface area (Å²) < 4.78 is 19.2. The van der Waals surface area contributed by atoms with Crippen LogP contribution in [-0.2, 0) is 28.5 Å². The van der Waals surface area contributed by atoms with E-state index in [4.69, 9.17) is 19.9 Å². The van der Waals surface area contributed by atoms with E-state index in [0.717, 1.165) is 11.1 Å². The quantitative estimate of drug-likeness (QED) is 0.268. The second kappa shape index (κ2) is 21.9. The zero-order valence-corrected chi connectivity index (χ0v) is 26.9. The number of benzene rings is 2. The Morgan fingerprint density at radius 2 is 1.02 bits per heavy atom. The van der Waals surface area contributed by atoms with Gasteiger partial charge in [-0.2, -0.15) is 0 Å². The van der Waals surface area contributed by atoms with E-state index < -0.39 is 31.0 Å². The van der Waals surface area contributed by atoms with Crippen molar-refractivity contribution < 1.29 is 38.1 Å². The first-order valence-corrected chi connectivity index (χ1v) is 13.4. The van der Waals surface area contributed by atoms with Crippen LogP contribution in [0.15, 0.2) is 48.5 Å². The predicted octanol–water partition coefficient (Wildman–Crippen LogP) is 5.98. The maximum absolute atomic E-state index is 11.8. The van der Waals surface area contributed by atoms with Crippen LogP contribution in [0.4, 0.5) is 21.0 Å². The fourth-order valence-corrected chi connectivity index (χ4v) is 2.66. The number of hydrogen-bond acceptors (Lipinski definition) is 9. The lowest BCUT2D eigenvalue weighted by Crippen LogP contribution is -2.32. The van der Waals surface area contributed by atoms with Gasteiger partial charge < -0.3 is 24.7 Å². The summed E-state index contributed by atoms with van der Waals surface area (Å²) in [6, 6.07) is 14.1. The van der Waals surface area contributed by atoms with Crippen molar-refractivity contribution in [3.63, 3.8) is 0 Å². The Morgan fingerprint density at radius 3 is 1.33 bits per heavy atom. The van der Waals surface area contributed by atoms with E-state index in [-0.39, 0.29) is 31.1 Å². The minimum absolute atomic E-state index is 0. The molecule has 2 amide bonds. The van der Waals surface area contributed by atoms with E-state index in [2.05, 4.69) is 4.74 Å². The molecule has 0 aromatic heterocycles. The van der Waals surface area contributed by atoms with E-state index in [1.54, 1.807) is 33.2 Å². The zero-order valence-electron chi connectivity index (χ0n) is 26.0. The molecule has 0 heterocycles. The monoisotopic (exact) mass is 611 g/mol. The van der Waals surface area contributed by atoms with Crippen LogP contribution in [0.5, 0.6) is 0 Å². The van der Waals surface area contributed by atoms with E-state index >= 15 is 0 Å². The van der Waals surface area contributed by atoms with Gasteiger partial charge in [-0.25, -0.2) is 9.59 Å². The summed E-state index contributed by atoms with van der Waals surface area (Å²) in [6.07, 6.45) is -0.483. The van der Waals surface area contributed by atoms with Gasteiger partial charge in [0, 0.05) is 25.5 Å². The number of aryl methyl sites for hydroxylation is 2. The third-order valence-corrected chi connectivity index (χ3v) is 5.54. The van der Waals surface area contributed by atoms with E-state index in [0.29, 0.717) is 17.8 Å². The third kappa shape index (κ3) is 15.2. The van der Waals surface area contributed by atoms with Gasteiger partial charge in [0.1, 0.15) is 6.04 Å². The van der Waals surface area contributed by atoms with Crippen LogP contribution in [-0.4, -0.2) is 57.8 Å². The van der Waals surface area contributed by atoms with Crippen molar-refractivity contribution in [2.75, 3.05) is 37.5 Å². The van der Waals surface area contributed by atoms with E-state index in [1.807, 2.05) is 71.0 Å². The number of nitrogens with zero attached hydrogens (tertiary/aromatic N) is 2. The van der Waals surface area contributed by atoms with Gasteiger partial charge in [0.05, 0.1) is 5.92 Å². The Bertz CT molecular complexity index is 1080. The number of halogens is 1. The Kier molecular flexibility index (Phi) is 21.0. The lowest BCUT2D eigenvalue weighted by molar-refractivity contribution is -0.156. The van der Waals surface area contributed by atoms with Crippen LogP contribution in [0.3, 0.4) is 0 Å². The first kappa shape index (κ1) is 40.3. The number of ether oxygens (including phenoxy) is 4. The summed E-state index contributed by atoms with van der Waals surface area (Å²) >= 11 is 0. The highest BCUT2D eigenvalue weighted by Gasteiger charge is 2.16. The molecule has 2 atom stereocenters. The molecule has 2 N–H and O–H groups in total. The summed E-state index contributed by atoms with van der Waals surface area (Å²) in [5, 5.41) is 0. The molecule has 11 nitrogen and oxygen atoms in total. The number of hydrogen-bond donors (Lipinski definition) is 1. The highest BCUT2D eigenvalue weighted by molar-refractivity contribution is 5.87. The number of nitrogens with two attached hydrogens (primary N) is 1. The number of carbonyl (C=O) groups is 4. The highest BCUT2D eigenvalue weighted by Crippen LogP contribution is 2.15. The zero-order chi connectivity index (χ0) is 31.5. The van der Waals surface area contributed by atoms with Gasteiger partial charge in [-0.3, -0.25) is 19.4 Å². The van der Waals surface area contributed by atoms with Gasteiger partial charge in [0.25, 0.3) is 0 Å². The maximum atomic E-state index is 11.8. The molecule has 0 unspecified atom stereocenters. The molecule has 236 valence electrons. The largest absolute Gasteiger partial charge is 0.428 e. The molecule has 0 fully saturated rings. The average Bonchev–Trinajstić information content (AvgIpc) is 2.97.